The van der Waals surface area contributed by atoms with E-state index >= 15 is 0 Å². The quantitative estimate of drug-likeness (QED) is 0.743. The van der Waals surface area contributed by atoms with Crippen LogP contribution in [0, 0.1) is 0 Å². The Bertz CT molecular complexity index is 754. The number of para-hydroxylation sites is 1. The largest absolute Gasteiger partial charge is 0.492 e. The van der Waals surface area contributed by atoms with Gasteiger partial charge < -0.3 is 9.26 Å². The average molecular weight is 313 g/mol. The summed E-state index contributed by atoms with van der Waals surface area (Å²) in [5, 5.41) is 6.07. The molecule has 0 N–H and O–H groups in total. The highest BCUT2D eigenvalue weighted by Gasteiger charge is 2.18. The van der Waals surface area contributed by atoms with Gasteiger partial charge in [-0.2, -0.15) is 4.98 Å². The monoisotopic (exact) mass is 313 g/mol. The van der Waals surface area contributed by atoms with Crippen molar-refractivity contribution in [3.8, 4) is 16.5 Å². The van der Waals surface area contributed by atoms with Crippen molar-refractivity contribution in [3.63, 3.8) is 0 Å². The summed E-state index contributed by atoms with van der Waals surface area (Å²) in [4.78, 5) is 7.77. The van der Waals surface area contributed by atoms with Crippen LogP contribution < -0.4 is 4.74 Å². The van der Waals surface area contributed by atoms with Crippen LogP contribution in [-0.2, 0) is 13.1 Å². The van der Waals surface area contributed by atoms with Crippen LogP contribution in [0.1, 0.15) is 11.5 Å². The molecule has 0 bridgehead atoms. The average Bonchev–Trinajstić information content (AvgIpc) is 3.16. The lowest BCUT2D eigenvalue weighted by atomic mass is 10.2. The third-order valence-corrected chi connectivity index (χ3v) is 4.47. The number of hydrogen-bond acceptors (Lipinski definition) is 6. The number of ether oxygens (including phenoxy) is 1. The van der Waals surface area contributed by atoms with E-state index in [1.807, 2.05) is 35.7 Å². The SMILES string of the molecule is c1csc(-c2noc(CN3CCOc4ccccc4C3)n2)c1. The molecular formula is C16H15N3O2S. The van der Waals surface area contributed by atoms with Crippen molar-refractivity contribution >= 4 is 11.3 Å². The normalized spacial score (nSPS) is 15.1. The van der Waals surface area contributed by atoms with Crippen LogP contribution in [0.4, 0.5) is 0 Å². The van der Waals surface area contributed by atoms with Crippen LogP contribution in [0.15, 0.2) is 46.3 Å². The van der Waals surface area contributed by atoms with Gasteiger partial charge in [-0.25, -0.2) is 0 Å². The number of rotatable bonds is 3. The molecule has 0 unspecified atom stereocenters. The second kappa shape index (κ2) is 5.90. The molecule has 2 aromatic heterocycles. The van der Waals surface area contributed by atoms with Crippen molar-refractivity contribution in [2.24, 2.45) is 0 Å². The summed E-state index contributed by atoms with van der Waals surface area (Å²) in [6.07, 6.45) is 0. The fraction of sp³-hybridized carbons (Fsp3) is 0.250. The lowest BCUT2D eigenvalue weighted by Gasteiger charge is -2.16. The van der Waals surface area contributed by atoms with Gasteiger partial charge in [-0.1, -0.05) is 29.4 Å². The van der Waals surface area contributed by atoms with Gasteiger partial charge in [0.15, 0.2) is 0 Å². The van der Waals surface area contributed by atoms with Crippen molar-refractivity contribution in [1.29, 1.82) is 0 Å². The first-order chi connectivity index (χ1) is 10.9. The van der Waals surface area contributed by atoms with Gasteiger partial charge in [-0.15, -0.1) is 11.3 Å². The maximum Gasteiger partial charge on any atom is 0.241 e. The van der Waals surface area contributed by atoms with E-state index in [4.69, 9.17) is 9.26 Å². The second-order valence-corrected chi connectivity index (χ2v) is 6.10. The van der Waals surface area contributed by atoms with Gasteiger partial charge in [-0.05, 0) is 17.5 Å². The van der Waals surface area contributed by atoms with E-state index in [9.17, 15) is 0 Å². The van der Waals surface area contributed by atoms with Crippen LogP contribution >= 0.6 is 11.3 Å². The van der Waals surface area contributed by atoms with Crippen LogP contribution in [0.3, 0.4) is 0 Å². The molecule has 5 nitrogen and oxygen atoms in total. The molecule has 0 radical (unpaired) electrons. The third-order valence-electron chi connectivity index (χ3n) is 3.60. The van der Waals surface area contributed by atoms with Crippen molar-refractivity contribution in [2.75, 3.05) is 13.2 Å². The van der Waals surface area contributed by atoms with Gasteiger partial charge in [0, 0.05) is 18.7 Å². The minimum absolute atomic E-state index is 0.635. The second-order valence-electron chi connectivity index (χ2n) is 5.16. The summed E-state index contributed by atoms with van der Waals surface area (Å²) < 4.78 is 11.2. The first-order valence-corrected chi connectivity index (χ1v) is 8.06. The predicted octanol–water partition coefficient (Wildman–Crippen LogP) is 3.19. The molecule has 4 rings (SSSR count). The lowest BCUT2D eigenvalue weighted by molar-refractivity contribution is 0.196. The summed E-state index contributed by atoms with van der Waals surface area (Å²) in [7, 11) is 0. The minimum Gasteiger partial charge on any atom is -0.492 e. The molecule has 0 amide bonds. The van der Waals surface area contributed by atoms with Crippen molar-refractivity contribution in [2.45, 2.75) is 13.1 Å². The zero-order valence-corrected chi connectivity index (χ0v) is 12.8. The Morgan fingerprint density at radius 3 is 3.05 bits per heavy atom. The van der Waals surface area contributed by atoms with Gasteiger partial charge >= 0.3 is 0 Å². The van der Waals surface area contributed by atoms with E-state index in [1.54, 1.807) is 11.3 Å². The van der Waals surface area contributed by atoms with Gasteiger partial charge in [0.1, 0.15) is 12.4 Å². The van der Waals surface area contributed by atoms with Gasteiger partial charge in [0.25, 0.3) is 0 Å². The first kappa shape index (κ1) is 13.5. The third kappa shape index (κ3) is 2.75. The molecule has 0 atom stereocenters. The molecule has 0 aliphatic carbocycles. The molecule has 1 aliphatic heterocycles. The summed E-state index contributed by atoms with van der Waals surface area (Å²) >= 11 is 1.61. The van der Waals surface area contributed by atoms with Crippen molar-refractivity contribution < 1.29 is 9.26 Å². The Kier molecular flexibility index (Phi) is 3.62. The van der Waals surface area contributed by atoms with E-state index in [2.05, 4.69) is 21.1 Å². The maximum absolute atomic E-state index is 5.77. The van der Waals surface area contributed by atoms with Gasteiger partial charge in [0.05, 0.1) is 11.4 Å². The fourth-order valence-electron chi connectivity index (χ4n) is 2.53. The predicted molar refractivity (Wildman–Crippen MR) is 83.7 cm³/mol. The maximum atomic E-state index is 5.77. The number of aromatic nitrogens is 2. The number of fused-ring (bicyclic) bond motifs is 1. The zero-order chi connectivity index (χ0) is 14.8. The summed E-state index contributed by atoms with van der Waals surface area (Å²) in [6, 6.07) is 12.1. The number of thiophene rings is 1. The molecule has 1 aromatic carbocycles. The zero-order valence-electron chi connectivity index (χ0n) is 11.9. The van der Waals surface area contributed by atoms with Crippen LogP contribution in [-0.4, -0.2) is 28.2 Å². The van der Waals surface area contributed by atoms with Crippen LogP contribution in [0.25, 0.3) is 10.7 Å². The summed E-state index contributed by atoms with van der Waals surface area (Å²) in [6.45, 7) is 2.97. The molecule has 0 fully saturated rings. The number of nitrogens with zero attached hydrogens (tertiary/aromatic N) is 3. The Morgan fingerprint density at radius 1 is 1.18 bits per heavy atom. The Balaban J connectivity index is 1.50. The number of benzene rings is 1. The molecule has 6 heteroatoms. The topological polar surface area (TPSA) is 51.4 Å². The highest BCUT2D eigenvalue weighted by Crippen LogP contribution is 2.24. The molecule has 0 saturated heterocycles. The molecule has 0 spiro atoms. The molecule has 112 valence electrons. The Hall–Kier alpha value is -2.18. The standard InChI is InChI=1S/C16H15N3O2S/c1-2-5-13-12(4-1)10-19(7-8-20-13)11-15-17-16(18-21-15)14-6-3-9-22-14/h1-6,9H,7-8,10-11H2. The Labute approximate surface area is 132 Å². The fourth-order valence-corrected chi connectivity index (χ4v) is 3.18. The van der Waals surface area contributed by atoms with Crippen molar-refractivity contribution in [3.05, 3.63) is 53.2 Å². The molecule has 22 heavy (non-hydrogen) atoms. The molecule has 3 aromatic rings. The van der Waals surface area contributed by atoms with Crippen LogP contribution in [0.2, 0.25) is 0 Å². The molecular weight excluding hydrogens is 298 g/mol. The molecule has 0 saturated carbocycles. The molecule has 1 aliphatic rings. The van der Waals surface area contributed by atoms with Gasteiger partial charge in [-0.3, -0.25) is 4.90 Å². The van der Waals surface area contributed by atoms with E-state index in [0.717, 1.165) is 23.7 Å². The van der Waals surface area contributed by atoms with E-state index in [1.165, 1.54) is 5.56 Å². The van der Waals surface area contributed by atoms with E-state index in [-0.39, 0.29) is 0 Å². The summed E-state index contributed by atoms with van der Waals surface area (Å²) in [5.74, 6) is 2.27. The van der Waals surface area contributed by atoms with Crippen LogP contribution in [0.5, 0.6) is 5.75 Å². The minimum atomic E-state index is 0.635. The van der Waals surface area contributed by atoms with E-state index < -0.39 is 0 Å². The lowest BCUT2D eigenvalue weighted by Crippen LogP contribution is -2.25. The number of hydrogen-bond donors (Lipinski definition) is 0. The highest BCUT2D eigenvalue weighted by atomic mass is 32.1. The summed E-state index contributed by atoms with van der Waals surface area (Å²) in [5.41, 5.74) is 1.19. The molecule has 3 heterocycles. The highest BCUT2D eigenvalue weighted by molar-refractivity contribution is 7.13. The van der Waals surface area contributed by atoms with Gasteiger partial charge in [0.2, 0.25) is 11.7 Å². The van der Waals surface area contributed by atoms with Crippen molar-refractivity contribution in [1.82, 2.24) is 15.0 Å². The van der Waals surface area contributed by atoms with E-state index in [0.29, 0.717) is 24.9 Å². The first-order valence-electron chi connectivity index (χ1n) is 7.18. The smallest absolute Gasteiger partial charge is 0.241 e. The Morgan fingerprint density at radius 2 is 2.14 bits per heavy atom.